The summed E-state index contributed by atoms with van der Waals surface area (Å²) < 4.78 is 2.28. The van der Waals surface area contributed by atoms with Gasteiger partial charge in [0, 0.05) is 14.3 Å². The Morgan fingerprint density at radius 1 is 0.500 bits per heavy atom. The minimum atomic E-state index is 1.14. The van der Waals surface area contributed by atoms with E-state index in [-0.39, 0.29) is 0 Å². The van der Waals surface area contributed by atoms with Crippen molar-refractivity contribution in [1.82, 2.24) is 0 Å². The molecule has 0 heterocycles. The van der Waals surface area contributed by atoms with Crippen LogP contribution >= 0.6 is 31.9 Å². The van der Waals surface area contributed by atoms with E-state index >= 15 is 0 Å². The second-order valence-electron chi connectivity index (χ2n) is 4.49. The third kappa shape index (κ3) is 1.25. The Labute approximate surface area is 122 Å². The molecule has 0 atom stereocenters. The van der Waals surface area contributed by atoms with Crippen LogP contribution in [0, 0.1) is 0 Å². The van der Waals surface area contributed by atoms with Gasteiger partial charge in [-0.15, -0.1) is 0 Å². The monoisotopic (exact) mass is 358 g/mol. The van der Waals surface area contributed by atoms with E-state index in [0.717, 1.165) is 8.95 Å². The van der Waals surface area contributed by atoms with Crippen LogP contribution in [0.2, 0.25) is 0 Å². The van der Waals surface area contributed by atoms with E-state index in [1.807, 2.05) is 0 Å². The Hall–Kier alpha value is -1.12. The summed E-state index contributed by atoms with van der Waals surface area (Å²) in [6, 6.07) is 17.3. The summed E-state index contributed by atoms with van der Waals surface area (Å²) >= 11 is 7.32. The quantitative estimate of drug-likeness (QED) is 0.360. The Balaban J connectivity index is 2.31. The van der Waals surface area contributed by atoms with Crippen molar-refractivity contribution in [2.24, 2.45) is 0 Å². The van der Waals surface area contributed by atoms with Gasteiger partial charge >= 0.3 is 0 Å². The van der Waals surface area contributed by atoms with Gasteiger partial charge in [0.2, 0.25) is 0 Å². The summed E-state index contributed by atoms with van der Waals surface area (Å²) in [6.07, 6.45) is 0. The first-order valence-electron chi connectivity index (χ1n) is 5.78. The average molecular weight is 360 g/mol. The molecule has 0 fully saturated rings. The van der Waals surface area contributed by atoms with Crippen molar-refractivity contribution in [3.8, 4) is 22.3 Å². The van der Waals surface area contributed by atoms with Crippen LogP contribution in [0.4, 0.5) is 0 Å². The molecule has 0 unspecified atom stereocenters. The molecule has 4 rings (SSSR count). The van der Waals surface area contributed by atoms with Crippen LogP contribution in [-0.4, -0.2) is 0 Å². The SMILES string of the molecule is Brc1ccc2c3c(ccc(Br)c13)-c1ccccc1-2. The fourth-order valence-corrected chi connectivity index (χ4v) is 4.17. The highest BCUT2D eigenvalue weighted by Crippen LogP contribution is 2.50. The highest BCUT2D eigenvalue weighted by atomic mass is 79.9. The van der Waals surface area contributed by atoms with Gasteiger partial charge in [-0.2, -0.15) is 0 Å². The Bertz CT molecular complexity index is 740. The fraction of sp³-hybridized carbons (Fsp3) is 0. The summed E-state index contributed by atoms with van der Waals surface area (Å²) in [5.41, 5.74) is 5.34. The lowest BCUT2D eigenvalue weighted by Crippen LogP contribution is -1.79. The first kappa shape index (κ1) is 10.8. The molecule has 0 nitrogen and oxygen atoms in total. The first-order chi connectivity index (χ1) is 8.77. The van der Waals surface area contributed by atoms with Crippen molar-refractivity contribution in [3.05, 3.63) is 57.5 Å². The minimum absolute atomic E-state index is 1.14. The van der Waals surface area contributed by atoms with Gasteiger partial charge < -0.3 is 0 Å². The van der Waals surface area contributed by atoms with Crippen LogP contribution in [0.1, 0.15) is 0 Å². The standard InChI is InChI=1S/C16H8Br2/c17-13-7-5-11-9-3-1-2-4-10(9)12-6-8-14(18)16(13)15(11)12/h1-8H. The molecule has 0 saturated heterocycles. The first-order valence-corrected chi connectivity index (χ1v) is 7.36. The van der Waals surface area contributed by atoms with Crippen molar-refractivity contribution in [3.63, 3.8) is 0 Å². The summed E-state index contributed by atoms with van der Waals surface area (Å²) in [6.45, 7) is 0. The number of hydrogen-bond donors (Lipinski definition) is 0. The van der Waals surface area contributed by atoms with E-state index in [4.69, 9.17) is 0 Å². The molecular weight excluding hydrogens is 352 g/mol. The van der Waals surface area contributed by atoms with Crippen molar-refractivity contribution in [1.29, 1.82) is 0 Å². The van der Waals surface area contributed by atoms with E-state index in [9.17, 15) is 0 Å². The predicted octanol–water partition coefficient (Wildman–Crippen LogP) is 6.01. The third-order valence-corrected chi connectivity index (χ3v) is 4.89. The molecule has 0 spiro atoms. The van der Waals surface area contributed by atoms with Crippen LogP contribution in [0.15, 0.2) is 57.5 Å². The molecule has 0 N–H and O–H groups in total. The maximum absolute atomic E-state index is 3.66. The third-order valence-electron chi connectivity index (χ3n) is 3.57. The smallest absolute Gasteiger partial charge is 0.0265 e. The summed E-state index contributed by atoms with van der Waals surface area (Å²) in [4.78, 5) is 0. The van der Waals surface area contributed by atoms with Gasteiger partial charge in [-0.25, -0.2) is 0 Å². The minimum Gasteiger partial charge on any atom is -0.0616 e. The summed E-state index contributed by atoms with van der Waals surface area (Å²) in [7, 11) is 0. The lowest BCUT2D eigenvalue weighted by molar-refractivity contribution is 1.69. The topological polar surface area (TPSA) is 0 Å². The van der Waals surface area contributed by atoms with Gasteiger partial charge in [0.25, 0.3) is 0 Å². The summed E-state index contributed by atoms with van der Waals surface area (Å²) in [5.74, 6) is 0. The second kappa shape index (κ2) is 3.69. The largest absolute Gasteiger partial charge is 0.0616 e. The van der Waals surface area contributed by atoms with Gasteiger partial charge in [-0.1, -0.05) is 68.3 Å². The van der Waals surface area contributed by atoms with E-state index in [2.05, 4.69) is 80.4 Å². The number of rotatable bonds is 0. The highest BCUT2D eigenvalue weighted by Gasteiger charge is 2.22. The fourth-order valence-electron chi connectivity index (χ4n) is 2.82. The van der Waals surface area contributed by atoms with Crippen LogP contribution in [0.25, 0.3) is 33.0 Å². The van der Waals surface area contributed by atoms with E-state index in [1.165, 1.54) is 33.0 Å². The number of benzene rings is 3. The maximum atomic E-state index is 3.66. The zero-order valence-corrected chi connectivity index (χ0v) is 12.5. The molecule has 0 amide bonds. The molecule has 0 aromatic heterocycles. The molecule has 1 aliphatic carbocycles. The number of hydrogen-bond acceptors (Lipinski definition) is 0. The van der Waals surface area contributed by atoms with Gasteiger partial charge in [-0.05, 0) is 39.8 Å². The van der Waals surface area contributed by atoms with Crippen LogP contribution in [-0.2, 0) is 0 Å². The molecule has 86 valence electrons. The maximum Gasteiger partial charge on any atom is 0.0265 e. The van der Waals surface area contributed by atoms with Gasteiger partial charge in [0.1, 0.15) is 0 Å². The van der Waals surface area contributed by atoms with Crippen molar-refractivity contribution >= 4 is 42.6 Å². The molecular formula is C16H8Br2. The molecule has 2 heteroatoms. The molecule has 3 aromatic carbocycles. The molecule has 18 heavy (non-hydrogen) atoms. The van der Waals surface area contributed by atoms with Gasteiger partial charge in [-0.3, -0.25) is 0 Å². The molecule has 0 aliphatic heterocycles. The Morgan fingerprint density at radius 3 is 1.50 bits per heavy atom. The van der Waals surface area contributed by atoms with Gasteiger partial charge in [0.15, 0.2) is 0 Å². The highest BCUT2D eigenvalue weighted by molar-refractivity contribution is 9.11. The van der Waals surface area contributed by atoms with Crippen LogP contribution in [0.5, 0.6) is 0 Å². The van der Waals surface area contributed by atoms with Crippen molar-refractivity contribution in [2.45, 2.75) is 0 Å². The van der Waals surface area contributed by atoms with E-state index < -0.39 is 0 Å². The molecule has 0 radical (unpaired) electrons. The van der Waals surface area contributed by atoms with Crippen LogP contribution < -0.4 is 0 Å². The van der Waals surface area contributed by atoms with E-state index in [0.29, 0.717) is 0 Å². The lowest BCUT2D eigenvalue weighted by atomic mass is 10.0. The Kier molecular flexibility index (Phi) is 2.21. The normalized spacial score (nSPS) is 11.9. The second-order valence-corrected chi connectivity index (χ2v) is 6.19. The van der Waals surface area contributed by atoms with Crippen molar-refractivity contribution < 1.29 is 0 Å². The molecule has 1 aliphatic rings. The lowest BCUT2D eigenvalue weighted by Gasteiger charge is -2.06. The van der Waals surface area contributed by atoms with Crippen LogP contribution in [0.3, 0.4) is 0 Å². The Morgan fingerprint density at radius 2 is 1.00 bits per heavy atom. The number of halogens is 2. The average Bonchev–Trinajstić information content (AvgIpc) is 2.71. The van der Waals surface area contributed by atoms with Gasteiger partial charge in [0.05, 0.1) is 0 Å². The van der Waals surface area contributed by atoms with E-state index in [1.54, 1.807) is 0 Å². The molecule has 0 saturated carbocycles. The summed E-state index contributed by atoms with van der Waals surface area (Å²) in [5, 5.41) is 2.61. The predicted molar refractivity (Wildman–Crippen MR) is 83.8 cm³/mol. The van der Waals surface area contributed by atoms with Crippen molar-refractivity contribution in [2.75, 3.05) is 0 Å². The zero-order chi connectivity index (χ0) is 12.3. The molecule has 0 bridgehead atoms. The zero-order valence-electron chi connectivity index (χ0n) is 9.37. The number of fused-ring (bicyclic) bond motifs is 3. The molecule has 3 aromatic rings.